The molecule has 2 aromatic heterocycles. The van der Waals surface area contributed by atoms with Gasteiger partial charge in [-0.1, -0.05) is 35.9 Å². The number of nitrogens with one attached hydrogen (secondary N) is 1. The van der Waals surface area contributed by atoms with Gasteiger partial charge in [0, 0.05) is 23.9 Å². The average molecular weight is 421 g/mol. The fourth-order valence-corrected chi connectivity index (χ4v) is 4.11. The van der Waals surface area contributed by atoms with Crippen LogP contribution in [0.2, 0.25) is 0 Å². The van der Waals surface area contributed by atoms with Gasteiger partial charge < -0.3 is 10.1 Å². The van der Waals surface area contributed by atoms with E-state index in [0.29, 0.717) is 26.0 Å². The Morgan fingerprint density at radius 1 is 1.20 bits per heavy atom. The van der Waals surface area contributed by atoms with Crippen molar-refractivity contribution in [3.63, 3.8) is 0 Å². The number of benzene rings is 2. The van der Waals surface area contributed by atoms with E-state index in [9.17, 15) is 4.79 Å². The molecule has 1 amide bonds. The molecule has 0 spiro atoms. The largest absolute Gasteiger partial charge is 0.494 e. The second-order valence-electron chi connectivity index (χ2n) is 7.08. The molecule has 154 valence electrons. The lowest BCUT2D eigenvalue weighted by atomic mass is 10.1. The predicted molar refractivity (Wildman–Crippen MR) is 119 cm³/mol. The molecule has 0 bridgehead atoms. The summed E-state index contributed by atoms with van der Waals surface area (Å²) in [4.78, 5) is 17.8. The van der Waals surface area contributed by atoms with Gasteiger partial charge in [0.1, 0.15) is 5.75 Å². The SMILES string of the molecule is CCOc1ccc(CC(=O)NCCc2csc3nc(-c4cccc(C)c4)nn23)cc1. The molecule has 6 nitrogen and oxygen atoms in total. The van der Waals surface area contributed by atoms with E-state index in [1.165, 1.54) is 5.56 Å². The van der Waals surface area contributed by atoms with E-state index in [0.717, 1.165) is 33.4 Å². The molecule has 30 heavy (non-hydrogen) atoms. The molecule has 0 aliphatic heterocycles. The number of aryl methyl sites for hydroxylation is 1. The minimum atomic E-state index is 0.00433. The lowest BCUT2D eigenvalue weighted by molar-refractivity contribution is -0.120. The molecule has 0 radical (unpaired) electrons. The van der Waals surface area contributed by atoms with Crippen molar-refractivity contribution >= 4 is 22.2 Å². The van der Waals surface area contributed by atoms with Gasteiger partial charge in [-0.15, -0.1) is 16.4 Å². The van der Waals surface area contributed by atoms with E-state index < -0.39 is 0 Å². The maximum atomic E-state index is 12.3. The minimum Gasteiger partial charge on any atom is -0.494 e. The first-order valence-corrected chi connectivity index (χ1v) is 10.9. The quantitative estimate of drug-likeness (QED) is 0.467. The third kappa shape index (κ3) is 4.68. The van der Waals surface area contributed by atoms with Gasteiger partial charge in [0.15, 0.2) is 5.82 Å². The molecule has 4 rings (SSSR count). The van der Waals surface area contributed by atoms with Gasteiger partial charge in [-0.3, -0.25) is 4.79 Å². The van der Waals surface area contributed by atoms with Crippen molar-refractivity contribution in [2.75, 3.05) is 13.2 Å². The van der Waals surface area contributed by atoms with Crippen LogP contribution in [-0.2, 0) is 17.6 Å². The van der Waals surface area contributed by atoms with Crippen LogP contribution in [0, 0.1) is 6.92 Å². The molecule has 1 N–H and O–H groups in total. The number of amides is 1. The lowest BCUT2D eigenvalue weighted by Crippen LogP contribution is -2.27. The minimum absolute atomic E-state index is 0.00433. The van der Waals surface area contributed by atoms with Gasteiger partial charge in [-0.25, -0.2) is 4.52 Å². The molecule has 0 unspecified atom stereocenters. The smallest absolute Gasteiger partial charge is 0.224 e. The Kier molecular flexibility index (Phi) is 6.09. The zero-order valence-corrected chi connectivity index (χ0v) is 17.9. The number of nitrogens with zero attached hydrogens (tertiary/aromatic N) is 3. The fourth-order valence-electron chi connectivity index (χ4n) is 3.25. The van der Waals surface area contributed by atoms with Crippen molar-refractivity contribution in [2.45, 2.75) is 26.7 Å². The second kappa shape index (κ2) is 9.09. The summed E-state index contributed by atoms with van der Waals surface area (Å²) in [5.41, 5.74) is 4.21. The van der Waals surface area contributed by atoms with E-state index in [-0.39, 0.29) is 5.91 Å². The van der Waals surface area contributed by atoms with E-state index in [1.54, 1.807) is 11.3 Å². The highest BCUT2D eigenvalue weighted by atomic mass is 32.1. The van der Waals surface area contributed by atoms with Gasteiger partial charge in [-0.2, -0.15) is 4.98 Å². The first kappa shape index (κ1) is 20.1. The van der Waals surface area contributed by atoms with Crippen molar-refractivity contribution < 1.29 is 9.53 Å². The van der Waals surface area contributed by atoms with Crippen molar-refractivity contribution in [3.05, 3.63) is 70.7 Å². The lowest BCUT2D eigenvalue weighted by Gasteiger charge is -2.06. The predicted octanol–water partition coefficient (Wildman–Crippen LogP) is 4.07. The molecule has 0 saturated carbocycles. The Bertz CT molecular complexity index is 1150. The van der Waals surface area contributed by atoms with Gasteiger partial charge in [0.25, 0.3) is 0 Å². The van der Waals surface area contributed by atoms with Crippen LogP contribution < -0.4 is 10.1 Å². The number of ether oxygens (including phenoxy) is 1. The first-order valence-electron chi connectivity index (χ1n) is 10.0. The summed E-state index contributed by atoms with van der Waals surface area (Å²) in [6.45, 7) is 5.20. The third-order valence-corrected chi connectivity index (χ3v) is 5.59. The Morgan fingerprint density at radius 2 is 2.03 bits per heavy atom. The summed E-state index contributed by atoms with van der Waals surface area (Å²) in [7, 11) is 0. The van der Waals surface area contributed by atoms with Crippen LogP contribution in [0.4, 0.5) is 0 Å². The molecule has 0 atom stereocenters. The number of aromatic nitrogens is 3. The van der Waals surface area contributed by atoms with Crippen LogP contribution in [0.25, 0.3) is 16.3 Å². The summed E-state index contributed by atoms with van der Waals surface area (Å²) < 4.78 is 7.31. The van der Waals surface area contributed by atoms with Gasteiger partial charge >= 0.3 is 0 Å². The zero-order chi connectivity index (χ0) is 20.9. The molecular weight excluding hydrogens is 396 g/mol. The van der Waals surface area contributed by atoms with Crippen molar-refractivity contribution in [3.8, 4) is 17.1 Å². The molecule has 0 fully saturated rings. The van der Waals surface area contributed by atoms with E-state index in [4.69, 9.17) is 4.74 Å². The van der Waals surface area contributed by atoms with E-state index in [2.05, 4.69) is 34.5 Å². The van der Waals surface area contributed by atoms with Gasteiger partial charge in [0.05, 0.1) is 18.7 Å². The molecular formula is C23H24N4O2S. The molecule has 0 aliphatic carbocycles. The summed E-state index contributed by atoms with van der Waals surface area (Å²) in [5.74, 6) is 1.55. The van der Waals surface area contributed by atoms with Crippen LogP contribution >= 0.6 is 11.3 Å². The van der Waals surface area contributed by atoms with Crippen LogP contribution in [0.5, 0.6) is 5.75 Å². The molecule has 2 aromatic carbocycles. The van der Waals surface area contributed by atoms with Crippen LogP contribution in [0.15, 0.2) is 53.9 Å². The molecule has 7 heteroatoms. The monoisotopic (exact) mass is 420 g/mol. The van der Waals surface area contributed by atoms with Gasteiger partial charge in [0.2, 0.25) is 10.9 Å². The highest BCUT2D eigenvalue weighted by Gasteiger charge is 2.12. The van der Waals surface area contributed by atoms with Crippen LogP contribution in [0.1, 0.15) is 23.7 Å². The topological polar surface area (TPSA) is 68.5 Å². The number of carbonyl (C=O) groups excluding carboxylic acids is 1. The Morgan fingerprint density at radius 3 is 2.80 bits per heavy atom. The highest BCUT2D eigenvalue weighted by Crippen LogP contribution is 2.21. The van der Waals surface area contributed by atoms with Crippen molar-refractivity contribution in [1.82, 2.24) is 19.9 Å². The molecule has 0 aliphatic rings. The zero-order valence-electron chi connectivity index (χ0n) is 17.1. The van der Waals surface area contributed by atoms with E-state index >= 15 is 0 Å². The number of fused-ring (bicyclic) bond motifs is 1. The number of carbonyl (C=O) groups is 1. The van der Waals surface area contributed by atoms with Crippen molar-refractivity contribution in [1.29, 1.82) is 0 Å². The first-order chi connectivity index (χ1) is 14.6. The summed E-state index contributed by atoms with van der Waals surface area (Å²) >= 11 is 1.57. The normalized spacial score (nSPS) is 11.0. The standard InChI is InChI=1S/C23H24N4O2S/c1-3-29-20-9-7-17(8-10-20)14-21(28)24-12-11-19-15-30-23-25-22(26-27(19)23)18-6-4-5-16(2)13-18/h4-10,13,15H,3,11-12,14H2,1-2H3,(H,24,28). The number of hydrogen-bond acceptors (Lipinski definition) is 5. The van der Waals surface area contributed by atoms with Crippen LogP contribution in [-0.4, -0.2) is 33.7 Å². The van der Waals surface area contributed by atoms with Crippen molar-refractivity contribution in [2.24, 2.45) is 0 Å². The molecule has 4 aromatic rings. The summed E-state index contributed by atoms with van der Waals surface area (Å²) in [6.07, 6.45) is 1.05. The number of rotatable bonds is 8. The maximum Gasteiger partial charge on any atom is 0.224 e. The fraction of sp³-hybridized carbons (Fsp3) is 0.261. The Balaban J connectivity index is 1.34. The van der Waals surface area contributed by atoms with Gasteiger partial charge in [-0.05, 0) is 37.6 Å². The maximum absolute atomic E-state index is 12.3. The average Bonchev–Trinajstić information content (AvgIpc) is 3.31. The number of hydrogen-bond donors (Lipinski definition) is 1. The summed E-state index contributed by atoms with van der Waals surface area (Å²) in [6, 6.07) is 15.8. The Labute approximate surface area is 179 Å². The Hall–Kier alpha value is -3.19. The highest BCUT2D eigenvalue weighted by molar-refractivity contribution is 7.15. The molecule has 2 heterocycles. The van der Waals surface area contributed by atoms with E-state index in [1.807, 2.05) is 53.2 Å². The second-order valence-corrected chi connectivity index (χ2v) is 7.92. The number of thiazole rings is 1. The van der Waals surface area contributed by atoms with Crippen LogP contribution in [0.3, 0.4) is 0 Å². The summed E-state index contributed by atoms with van der Waals surface area (Å²) in [5, 5.41) is 9.71. The molecule has 0 saturated heterocycles. The third-order valence-electron chi connectivity index (χ3n) is 4.73.